The van der Waals surface area contributed by atoms with Crippen LogP contribution in [-0.4, -0.2) is 28.0 Å². The smallest absolute Gasteiger partial charge is 0.255 e. The minimum absolute atomic E-state index is 0.0329. The third-order valence-corrected chi connectivity index (χ3v) is 5.25. The van der Waals surface area contributed by atoms with E-state index in [1.165, 1.54) is 12.1 Å². The van der Waals surface area contributed by atoms with Gasteiger partial charge in [0.05, 0.1) is 11.4 Å². The molecule has 7 nitrogen and oxygen atoms in total. The Balaban J connectivity index is 1.87. The molecule has 0 unspecified atom stereocenters. The average Bonchev–Trinajstić information content (AvgIpc) is 2.89. The first kappa shape index (κ1) is 16.0. The van der Waals surface area contributed by atoms with E-state index in [1.54, 1.807) is 16.5 Å². The van der Waals surface area contributed by atoms with Crippen LogP contribution in [0.2, 0.25) is 0 Å². The molecule has 3 rings (SSSR count). The fourth-order valence-electron chi connectivity index (χ4n) is 2.27. The van der Waals surface area contributed by atoms with Gasteiger partial charge in [-0.1, -0.05) is 15.9 Å². The Kier molecular flexibility index (Phi) is 4.17. The van der Waals surface area contributed by atoms with Gasteiger partial charge >= 0.3 is 0 Å². The molecule has 23 heavy (non-hydrogen) atoms. The van der Waals surface area contributed by atoms with Crippen molar-refractivity contribution < 1.29 is 8.42 Å². The number of hydrogen-bond acceptors (Lipinski definition) is 5. The molecule has 9 heteroatoms. The summed E-state index contributed by atoms with van der Waals surface area (Å²) >= 11 is 3.28. The molecule has 0 amide bonds. The van der Waals surface area contributed by atoms with Crippen LogP contribution in [0, 0.1) is 13.8 Å². The summed E-state index contributed by atoms with van der Waals surface area (Å²) in [7, 11) is -3.62. The summed E-state index contributed by atoms with van der Waals surface area (Å²) in [5.41, 5.74) is 1.74. The summed E-state index contributed by atoms with van der Waals surface area (Å²) in [6, 6.07) is 8.31. The number of fused-ring (bicyclic) bond motifs is 1. The molecule has 120 valence electrons. The highest BCUT2D eigenvalue weighted by Gasteiger charge is 2.16. The van der Waals surface area contributed by atoms with E-state index in [9.17, 15) is 8.42 Å². The van der Waals surface area contributed by atoms with Crippen LogP contribution in [0.5, 0.6) is 0 Å². The fourth-order valence-corrected chi connectivity index (χ4v) is 3.51. The minimum atomic E-state index is -3.62. The lowest BCUT2D eigenvalue weighted by Crippen LogP contribution is -2.24. The van der Waals surface area contributed by atoms with E-state index in [4.69, 9.17) is 0 Å². The van der Waals surface area contributed by atoms with Crippen molar-refractivity contribution in [1.82, 2.24) is 24.3 Å². The summed E-state index contributed by atoms with van der Waals surface area (Å²) in [6.07, 6.45) is 0. The van der Waals surface area contributed by atoms with Gasteiger partial charge in [0.15, 0.2) is 5.82 Å². The zero-order chi connectivity index (χ0) is 16.6. The molecule has 0 saturated carbocycles. The fraction of sp³-hybridized carbons (Fsp3) is 0.214. The maximum atomic E-state index is 12.3. The van der Waals surface area contributed by atoms with Crippen molar-refractivity contribution in [1.29, 1.82) is 0 Å². The van der Waals surface area contributed by atoms with Gasteiger partial charge in [-0.3, -0.25) is 4.40 Å². The van der Waals surface area contributed by atoms with E-state index in [2.05, 4.69) is 35.8 Å². The van der Waals surface area contributed by atoms with E-state index >= 15 is 0 Å². The van der Waals surface area contributed by atoms with Crippen molar-refractivity contribution in [3.05, 3.63) is 52.0 Å². The van der Waals surface area contributed by atoms with Gasteiger partial charge in [-0.25, -0.2) is 18.1 Å². The number of sulfonamides is 1. The molecule has 0 aliphatic heterocycles. The van der Waals surface area contributed by atoms with E-state index in [0.717, 1.165) is 15.9 Å². The topological polar surface area (TPSA) is 89.2 Å². The second-order valence-corrected chi connectivity index (χ2v) is 7.75. The number of nitrogens with one attached hydrogen (secondary N) is 1. The molecule has 0 aliphatic rings. The third-order valence-electron chi connectivity index (χ3n) is 3.30. The summed E-state index contributed by atoms with van der Waals surface area (Å²) in [6.45, 7) is 3.81. The maximum Gasteiger partial charge on any atom is 0.255 e. The second-order valence-electron chi connectivity index (χ2n) is 5.07. The SMILES string of the molecule is Cc1cc(C)n2c(CNS(=O)(=O)c3ccc(Br)cc3)nnc2n1. The molecule has 0 bridgehead atoms. The van der Waals surface area contributed by atoms with Gasteiger partial charge in [0.2, 0.25) is 10.0 Å². The van der Waals surface area contributed by atoms with Crippen molar-refractivity contribution >= 4 is 31.7 Å². The number of hydrogen-bond donors (Lipinski definition) is 1. The Morgan fingerprint density at radius 3 is 2.57 bits per heavy atom. The normalized spacial score (nSPS) is 12.0. The molecule has 1 N–H and O–H groups in total. The molecule has 1 aromatic carbocycles. The first-order valence-corrected chi connectivity index (χ1v) is 9.08. The largest absolute Gasteiger partial charge is 0.266 e. The van der Waals surface area contributed by atoms with Gasteiger partial charge in [0, 0.05) is 15.9 Å². The van der Waals surface area contributed by atoms with E-state index in [0.29, 0.717) is 11.6 Å². The van der Waals surface area contributed by atoms with Crippen LogP contribution in [0.1, 0.15) is 17.2 Å². The van der Waals surface area contributed by atoms with Gasteiger partial charge in [-0.2, -0.15) is 0 Å². The highest BCUT2D eigenvalue weighted by atomic mass is 79.9. The number of nitrogens with zero attached hydrogens (tertiary/aromatic N) is 4. The number of halogens is 1. The molecule has 0 fully saturated rings. The Labute approximate surface area is 142 Å². The first-order chi connectivity index (χ1) is 10.9. The minimum Gasteiger partial charge on any atom is -0.266 e. The highest BCUT2D eigenvalue weighted by Crippen LogP contribution is 2.15. The van der Waals surface area contributed by atoms with Gasteiger partial charge < -0.3 is 0 Å². The van der Waals surface area contributed by atoms with Crippen LogP contribution in [0.3, 0.4) is 0 Å². The third kappa shape index (κ3) is 3.26. The Morgan fingerprint density at radius 1 is 1.17 bits per heavy atom. The average molecular weight is 396 g/mol. The molecule has 2 heterocycles. The van der Waals surface area contributed by atoms with Crippen molar-refractivity contribution in [2.45, 2.75) is 25.3 Å². The summed E-state index contributed by atoms with van der Waals surface area (Å²) in [5.74, 6) is 0.950. The van der Waals surface area contributed by atoms with Crippen molar-refractivity contribution in [2.24, 2.45) is 0 Å². The van der Waals surface area contributed by atoms with Crippen molar-refractivity contribution in [3.63, 3.8) is 0 Å². The zero-order valence-corrected chi connectivity index (χ0v) is 14.9. The van der Waals surface area contributed by atoms with Crippen LogP contribution >= 0.6 is 15.9 Å². The summed E-state index contributed by atoms with van der Waals surface area (Å²) in [4.78, 5) is 4.47. The monoisotopic (exact) mass is 395 g/mol. The molecule has 0 saturated heterocycles. The maximum absolute atomic E-state index is 12.3. The van der Waals surface area contributed by atoms with Crippen LogP contribution in [-0.2, 0) is 16.6 Å². The lowest BCUT2D eigenvalue weighted by molar-refractivity contribution is 0.578. The molecular weight excluding hydrogens is 382 g/mol. The quantitative estimate of drug-likeness (QED) is 0.729. The number of aryl methyl sites for hydroxylation is 2. The van der Waals surface area contributed by atoms with Crippen LogP contribution < -0.4 is 4.72 Å². The summed E-state index contributed by atoms with van der Waals surface area (Å²) < 4.78 is 29.7. The molecule has 0 atom stereocenters. The Hall–Kier alpha value is -1.84. The lowest BCUT2D eigenvalue weighted by atomic mass is 10.3. The Bertz CT molecular complexity index is 967. The molecule has 3 aromatic rings. The molecule has 0 aliphatic carbocycles. The standard InChI is InChI=1S/C14H14BrN5O2S/c1-9-7-10(2)20-13(18-19-14(20)17-9)8-16-23(21,22)12-5-3-11(15)4-6-12/h3-7,16H,8H2,1-2H3. The van der Waals surface area contributed by atoms with Gasteiger partial charge in [0.25, 0.3) is 5.78 Å². The van der Waals surface area contributed by atoms with Crippen molar-refractivity contribution in [3.8, 4) is 0 Å². The predicted octanol–water partition coefficient (Wildman–Crippen LogP) is 1.98. The lowest BCUT2D eigenvalue weighted by Gasteiger charge is -2.07. The van der Waals surface area contributed by atoms with E-state index in [-0.39, 0.29) is 11.4 Å². The van der Waals surface area contributed by atoms with Crippen LogP contribution in [0.15, 0.2) is 39.7 Å². The van der Waals surface area contributed by atoms with E-state index in [1.807, 2.05) is 19.9 Å². The van der Waals surface area contributed by atoms with Gasteiger partial charge in [0.1, 0.15) is 0 Å². The molecule has 2 aromatic heterocycles. The number of rotatable bonds is 4. The molecule has 0 spiro atoms. The predicted molar refractivity (Wildman–Crippen MR) is 88.4 cm³/mol. The second kappa shape index (κ2) is 5.99. The number of aromatic nitrogens is 4. The summed E-state index contributed by atoms with van der Waals surface area (Å²) in [5, 5.41) is 8.01. The van der Waals surface area contributed by atoms with Crippen LogP contribution in [0.4, 0.5) is 0 Å². The zero-order valence-electron chi connectivity index (χ0n) is 12.5. The van der Waals surface area contributed by atoms with Gasteiger partial charge in [-0.05, 0) is 44.2 Å². The Morgan fingerprint density at radius 2 is 1.87 bits per heavy atom. The van der Waals surface area contributed by atoms with E-state index < -0.39 is 10.0 Å². The van der Waals surface area contributed by atoms with Gasteiger partial charge in [-0.15, -0.1) is 10.2 Å². The number of benzene rings is 1. The molecular formula is C14H14BrN5O2S. The first-order valence-electron chi connectivity index (χ1n) is 6.80. The highest BCUT2D eigenvalue weighted by molar-refractivity contribution is 9.10. The molecule has 0 radical (unpaired) electrons. The van der Waals surface area contributed by atoms with Crippen molar-refractivity contribution in [2.75, 3.05) is 0 Å². The van der Waals surface area contributed by atoms with Crippen LogP contribution in [0.25, 0.3) is 5.78 Å².